The lowest BCUT2D eigenvalue weighted by Gasteiger charge is -2.13. The molecular formula is C19H24N2O2. The van der Waals surface area contributed by atoms with E-state index in [2.05, 4.69) is 11.4 Å². The summed E-state index contributed by atoms with van der Waals surface area (Å²) < 4.78 is 5.66. The van der Waals surface area contributed by atoms with Crippen molar-refractivity contribution >= 4 is 5.91 Å². The monoisotopic (exact) mass is 312 g/mol. The number of nitrogens with one attached hydrogen (secondary N) is 1. The topological polar surface area (TPSA) is 64.3 Å². The van der Waals surface area contributed by atoms with E-state index < -0.39 is 6.04 Å². The van der Waals surface area contributed by atoms with Gasteiger partial charge >= 0.3 is 0 Å². The van der Waals surface area contributed by atoms with Gasteiger partial charge in [-0.15, -0.1) is 0 Å². The number of aryl methyl sites for hydroxylation is 2. The molecule has 0 saturated heterocycles. The van der Waals surface area contributed by atoms with Gasteiger partial charge in [0.1, 0.15) is 12.4 Å². The number of benzene rings is 2. The van der Waals surface area contributed by atoms with E-state index in [1.54, 1.807) is 0 Å². The molecule has 0 radical (unpaired) electrons. The minimum absolute atomic E-state index is 0.155. The van der Waals surface area contributed by atoms with Crippen molar-refractivity contribution in [1.29, 1.82) is 0 Å². The van der Waals surface area contributed by atoms with Crippen LogP contribution in [0.2, 0.25) is 0 Å². The van der Waals surface area contributed by atoms with Gasteiger partial charge in [-0.25, -0.2) is 0 Å². The molecule has 122 valence electrons. The molecule has 0 spiro atoms. The maximum absolute atomic E-state index is 12.0. The predicted molar refractivity (Wildman–Crippen MR) is 92.5 cm³/mol. The van der Waals surface area contributed by atoms with E-state index in [0.717, 1.165) is 22.4 Å². The number of carbonyl (C=O) groups is 1. The average molecular weight is 312 g/mol. The van der Waals surface area contributed by atoms with Gasteiger partial charge < -0.3 is 15.8 Å². The van der Waals surface area contributed by atoms with E-state index in [9.17, 15) is 4.79 Å². The highest BCUT2D eigenvalue weighted by Gasteiger charge is 2.13. The number of nitrogens with two attached hydrogens (primary N) is 1. The van der Waals surface area contributed by atoms with Crippen molar-refractivity contribution in [3.05, 3.63) is 65.2 Å². The largest absolute Gasteiger partial charge is 0.492 e. The zero-order chi connectivity index (χ0) is 16.7. The molecule has 2 aromatic rings. The van der Waals surface area contributed by atoms with Crippen LogP contribution in [0, 0.1) is 13.8 Å². The van der Waals surface area contributed by atoms with Crippen LogP contribution >= 0.6 is 0 Å². The number of hydrogen-bond acceptors (Lipinski definition) is 3. The molecule has 2 aromatic carbocycles. The van der Waals surface area contributed by atoms with Crippen molar-refractivity contribution in [2.24, 2.45) is 5.73 Å². The highest BCUT2D eigenvalue weighted by molar-refractivity contribution is 5.81. The van der Waals surface area contributed by atoms with Crippen LogP contribution in [0.25, 0.3) is 0 Å². The second-order valence-electron chi connectivity index (χ2n) is 5.76. The summed E-state index contributed by atoms with van der Waals surface area (Å²) in [6, 6.07) is 15.3. The fourth-order valence-electron chi connectivity index (χ4n) is 2.45. The molecular weight excluding hydrogens is 288 g/mol. The Balaban J connectivity index is 1.72. The van der Waals surface area contributed by atoms with E-state index in [-0.39, 0.29) is 5.91 Å². The molecule has 0 aliphatic carbocycles. The lowest BCUT2D eigenvalue weighted by atomic mass is 10.1. The summed E-state index contributed by atoms with van der Waals surface area (Å²) in [7, 11) is 0. The Bertz CT molecular complexity index is 621. The molecule has 0 bridgehead atoms. The Kier molecular flexibility index (Phi) is 6.18. The smallest absolute Gasteiger partial charge is 0.237 e. The van der Waals surface area contributed by atoms with Crippen molar-refractivity contribution in [3.8, 4) is 5.75 Å². The highest BCUT2D eigenvalue weighted by Crippen LogP contribution is 2.15. The minimum Gasteiger partial charge on any atom is -0.492 e. The Morgan fingerprint density at radius 3 is 2.43 bits per heavy atom. The Morgan fingerprint density at radius 2 is 1.78 bits per heavy atom. The molecule has 1 atom stereocenters. The summed E-state index contributed by atoms with van der Waals surface area (Å²) >= 11 is 0. The normalized spacial score (nSPS) is 11.8. The van der Waals surface area contributed by atoms with E-state index >= 15 is 0 Å². The number of hydrogen-bond donors (Lipinski definition) is 2. The van der Waals surface area contributed by atoms with Crippen LogP contribution in [0.1, 0.15) is 16.7 Å². The van der Waals surface area contributed by atoms with Crippen molar-refractivity contribution in [1.82, 2.24) is 5.32 Å². The zero-order valence-electron chi connectivity index (χ0n) is 13.7. The molecule has 4 nitrogen and oxygen atoms in total. The van der Waals surface area contributed by atoms with Crippen molar-refractivity contribution in [2.45, 2.75) is 26.3 Å². The molecule has 1 amide bonds. The van der Waals surface area contributed by atoms with Gasteiger partial charge in [-0.05, 0) is 49.1 Å². The van der Waals surface area contributed by atoms with Crippen LogP contribution in [0.3, 0.4) is 0 Å². The summed E-state index contributed by atoms with van der Waals surface area (Å²) in [6.45, 7) is 4.93. The molecule has 0 aliphatic heterocycles. The van der Waals surface area contributed by atoms with Gasteiger partial charge in [0.2, 0.25) is 5.91 Å². The van der Waals surface area contributed by atoms with E-state index in [1.807, 2.05) is 56.3 Å². The predicted octanol–water partition coefficient (Wildman–Crippen LogP) is 2.37. The number of ether oxygens (including phenoxy) is 1. The molecule has 23 heavy (non-hydrogen) atoms. The van der Waals surface area contributed by atoms with Crippen molar-refractivity contribution in [3.63, 3.8) is 0 Å². The molecule has 0 fully saturated rings. The van der Waals surface area contributed by atoms with Gasteiger partial charge in [0, 0.05) is 0 Å². The molecule has 0 heterocycles. The molecule has 4 heteroatoms. The third-order valence-electron chi connectivity index (χ3n) is 3.50. The van der Waals surface area contributed by atoms with Crippen LogP contribution in [-0.4, -0.2) is 25.1 Å². The maximum atomic E-state index is 12.0. The Morgan fingerprint density at radius 1 is 1.13 bits per heavy atom. The van der Waals surface area contributed by atoms with Gasteiger partial charge in [0.05, 0.1) is 12.6 Å². The molecule has 0 aromatic heterocycles. The third-order valence-corrected chi connectivity index (χ3v) is 3.50. The number of carbonyl (C=O) groups excluding carboxylic acids is 1. The second kappa shape index (κ2) is 8.34. The summed E-state index contributed by atoms with van der Waals surface area (Å²) in [6.07, 6.45) is 0.532. The highest BCUT2D eigenvalue weighted by atomic mass is 16.5. The molecule has 0 saturated carbocycles. The first-order valence-corrected chi connectivity index (χ1v) is 7.83. The summed E-state index contributed by atoms with van der Waals surface area (Å²) in [5, 5.41) is 2.81. The van der Waals surface area contributed by atoms with Crippen LogP contribution in [0.4, 0.5) is 0 Å². The third kappa shape index (κ3) is 5.75. The van der Waals surface area contributed by atoms with Crippen LogP contribution in [0.5, 0.6) is 5.75 Å². The summed E-state index contributed by atoms with van der Waals surface area (Å²) in [5.41, 5.74) is 9.31. The summed E-state index contributed by atoms with van der Waals surface area (Å²) in [5.74, 6) is 0.670. The van der Waals surface area contributed by atoms with Crippen molar-refractivity contribution < 1.29 is 9.53 Å². The van der Waals surface area contributed by atoms with Gasteiger partial charge in [-0.3, -0.25) is 4.79 Å². The number of amides is 1. The van der Waals surface area contributed by atoms with E-state index in [0.29, 0.717) is 19.6 Å². The van der Waals surface area contributed by atoms with Gasteiger partial charge in [0.15, 0.2) is 0 Å². The summed E-state index contributed by atoms with van der Waals surface area (Å²) in [4.78, 5) is 12.0. The fraction of sp³-hybridized carbons (Fsp3) is 0.316. The standard InChI is InChI=1S/C19H24N2O2/c1-14-10-15(2)12-17(11-14)23-9-8-21-19(22)18(20)13-16-6-4-3-5-7-16/h3-7,10-12,18H,8-9,13,20H2,1-2H3,(H,21,22)/t18-/m0/s1. The average Bonchev–Trinajstić information content (AvgIpc) is 2.51. The lowest BCUT2D eigenvalue weighted by molar-refractivity contribution is -0.122. The van der Waals surface area contributed by atoms with Gasteiger partial charge in [0.25, 0.3) is 0 Å². The number of rotatable bonds is 7. The Hall–Kier alpha value is -2.33. The molecule has 3 N–H and O–H groups in total. The van der Waals surface area contributed by atoms with Crippen LogP contribution < -0.4 is 15.8 Å². The first kappa shape index (κ1) is 17.0. The maximum Gasteiger partial charge on any atom is 0.237 e. The fourth-order valence-corrected chi connectivity index (χ4v) is 2.45. The van der Waals surface area contributed by atoms with Crippen molar-refractivity contribution in [2.75, 3.05) is 13.2 Å². The lowest BCUT2D eigenvalue weighted by Crippen LogP contribution is -2.43. The van der Waals surface area contributed by atoms with E-state index in [1.165, 1.54) is 0 Å². The quantitative estimate of drug-likeness (QED) is 0.772. The molecule has 0 aliphatic rings. The Labute approximate surface area is 137 Å². The SMILES string of the molecule is Cc1cc(C)cc(OCCNC(=O)[C@@H](N)Cc2ccccc2)c1. The van der Waals surface area contributed by atoms with Gasteiger partial charge in [-0.1, -0.05) is 36.4 Å². The zero-order valence-corrected chi connectivity index (χ0v) is 13.7. The molecule has 0 unspecified atom stereocenters. The van der Waals surface area contributed by atoms with Gasteiger partial charge in [-0.2, -0.15) is 0 Å². The van der Waals surface area contributed by atoms with Crippen LogP contribution in [-0.2, 0) is 11.2 Å². The van der Waals surface area contributed by atoms with E-state index in [4.69, 9.17) is 10.5 Å². The minimum atomic E-state index is -0.543. The first-order valence-electron chi connectivity index (χ1n) is 7.83. The first-order chi connectivity index (χ1) is 11.0. The van der Waals surface area contributed by atoms with Crippen LogP contribution in [0.15, 0.2) is 48.5 Å². The second-order valence-corrected chi connectivity index (χ2v) is 5.76. The molecule has 2 rings (SSSR count).